The molecule has 4 heteroatoms. The normalized spacial score (nSPS) is 11.9. The molecule has 0 aliphatic carbocycles. The van der Waals surface area contributed by atoms with Gasteiger partial charge < -0.3 is 14.6 Å². The van der Waals surface area contributed by atoms with Gasteiger partial charge >= 0.3 is 0 Å². The Bertz CT molecular complexity index is 555. The van der Waals surface area contributed by atoms with Crippen LogP contribution in [0.3, 0.4) is 0 Å². The van der Waals surface area contributed by atoms with Crippen LogP contribution in [-0.4, -0.2) is 18.3 Å². The summed E-state index contributed by atoms with van der Waals surface area (Å²) in [6, 6.07) is 15.1. The van der Waals surface area contributed by atoms with Gasteiger partial charge in [-0.3, -0.25) is 0 Å². The van der Waals surface area contributed by atoms with Crippen LogP contribution in [0.25, 0.3) is 0 Å². The van der Waals surface area contributed by atoms with Crippen molar-refractivity contribution >= 4 is 15.9 Å². The van der Waals surface area contributed by atoms with Gasteiger partial charge in [0.15, 0.2) is 0 Å². The van der Waals surface area contributed by atoms with E-state index in [0.717, 1.165) is 21.5 Å². The Kier molecular flexibility index (Phi) is 5.44. The lowest BCUT2D eigenvalue weighted by atomic mass is 10.1. The first-order chi connectivity index (χ1) is 9.65. The SMILES string of the molecule is C[C@H](O)c1cccc(OCCOc2cccc(Br)c2)c1. The Balaban J connectivity index is 1.80. The fourth-order valence-electron chi connectivity index (χ4n) is 1.74. The van der Waals surface area contributed by atoms with Crippen LogP contribution in [0.5, 0.6) is 11.5 Å². The molecule has 0 unspecified atom stereocenters. The van der Waals surface area contributed by atoms with Crippen molar-refractivity contribution in [1.29, 1.82) is 0 Å². The Morgan fingerprint density at radius 2 is 1.60 bits per heavy atom. The summed E-state index contributed by atoms with van der Waals surface area (Å²) in [6.07, 6.45) is -0.489. The zero-order chi connectivity index (χ0) is 14.4. The predicted molar refractivity (Wildman–Crippen MR) is 82.2 cm³/mol. The first kappa shape index (κ1) is 14.9. The van der Waals surface area contributed by atoms with E-state index >= 15 is 0 Å². The maximum absolute atomic E-state index is 9.51. The Hall–Kier alpha value is -1.52. The quantitative estimate of drug-likeness (QED) is 0.811. The standard InChI is InChI=1S/C16H17BrO3/c1-12(18)13-4-2-6-15(10-13)19-8-9-20-16-7-3-5-14(17)11-16/h2-7,10-12,18H,8-9H2,1H3/t12-/m0/s1. The predicted octanol–water partition coefficient (Wildman–Crippen LogP) is 3.96. The fraction of sp³-hybridized carbons (Fsp3) is 0.250. The van der Waals surface area contributed by atoms with Gasteiger partial charge in [-0.25, -0.2) is 0 Å². The van der Waals surface area contributed by atoms with E-state index in [1.807, 2.05) is 48.5 Å². The zero-order valence-corrected chi connectivity index (χ0v) is 12.8. The molecule has 20 heavy (non-hydrogen) atoms. The van der Waals surface area contributed by atoms with Gasteiger partial charge in [0.2, 0.25) is 0 Å². The van der Waals surface area contributed by atoms with Crippen molar-refractivity contribution < 1.29 is 14.6 Å². The van der Waals surface area contributed by atoms with Crippen LogP contribution in [0.4, 0.5) is 0 Å². The summed E-state index contributed by atoms with van der Waals surface area (Å²) < 4.78 is 12.2. The minimum atomic E-state index is -0.489. The molecule has 0 aliphatic heterocycles. The van der Waals surface area contributed by atoms with Gasteiger partial charge in [-0.2, -0.15) is 0 Å². The lowest BCUT2D eigenvalue weighted by Crippen LogP contribution is -2.09. The topological polar surface area (TPSA) is 38.7 Å². The van der Waals surface area contributed by atoms with Gasteiger partial charge in [-0.05, 0) is 42.8 Å². The summed E-state index contributed by atoms with van der Waals surface area (Å²) >= 11 is 3.39. The number of aliphatic hydroxyl groups excluding tert-OH is 1. The van der Waals surface area contributed by atoms with Crippen LogP contribution >= 0.6 is 15.9 Å². The van der Waals surface area contributed by atoms with Gasteiger partial charge in [-0.15, -0.1) is 0 Å². The molecule has 0 aliphatic rings. The van der Waals surface area contributed by atoms with Crippen molar-refractivity contribution in [2.45, 2.75) is 13.0 Å². The van der Waals surface area contributed by atoms with Crippen LogP contribution in [0.15, 0.2) is 53.0 Å². The van der Waals surface area contributed by atoms with Gasteiger partial charge in [0.1, 0.15) is 24.7 Å². The van der Waals surface area contributed by atoms with Crippen molar-refractivity contribution in [3.05, 3.63) is 58.6 Å². The molecule has 0 bridgehead atoms. The monoisotopic (exact) mass is 336 g/mol. The third-order valence-corrected chi connectivity index (χ3v) is 3.25. The van der Waals surface area contributed by atoms with E-state index in [-0.39, 0.29) is 0 Å². The molecular weight excluding hydrogens is 320 g/mol. The molecule has 0 saturated heterocycles. The smallest absolute Gasteiger partial charge is 0.122 e. The van der Waals surface area contributed by atoms with E-state index in [1.165, 1.54) is 0 Å². The Morgan fingerprint density at radius 3 is 2.20 bits per heavy atom. The number of hydrogen-bond donors (Lipinski definition) is 1. The molecule has 1 N–H and O–H groups in total. The number of benzene rings is 2. The molecule has 0 saturated carbocycles. The molecule has 2 rings (SSSR count). The molecule has 3 nitrogen and oxygen atoms in total. The Morgan fingerprint density at radius 1 is 1.00 bits per heavy atom. The van der Waals surface area contributed by atoms with Crippen LogP contribution in [0.1, 0.15) is 18.6 Å². The number of halogens is 1. The highest BCUT2D eigenvalue weighted by Crippen LogP contribution is 2.19. The summed E-state index contributed by atoms with van der Waals surface area (Å²) in [6.45, 7) is 2.65. The summed E-state index contributed by atoms with van der Waals surface area (Å²) in [4.78, 5) is 0. The Labute approximate surface area is 127 Å². The van der Waals surface area contributed by atoms with Crippen LogP contribution < -0.4 is 9.47 Å². The van der Waals surface area contributed by atoms with E-state index in [4.69, 9.17) is 9.47 Å². The van der Waals surface area contributed by atoms with Crippen molar-refractivity contribution in [3.63, 3.8) is 0 Å². The van der Waals surface area contributed by atoms with E-state index in [9.17, 15) is 5.11 Å². The zero-order valence-electron chi connectivity index (χ0n) is 11.3. The number of rotatable bonds is 6. The third-order valence-electron chi connectivity index (χ3n) is 2.76. The summed E-state index contributed by atoms with van der Waals surface area (Å²) in [5.74, 6) is 1.54. The highest BCUT2D eigenvalue weighted by molar-refractivity contribution is 9.10. The van der Waals surface area contributed by atoms with Crippen molar-refractivity contribution in [2.75, 3.05) is 13.2 Å². The van der Waals surface area contributed by atoms with Gasteiger partial charge in [0.05, 0.1) is 6.10 Å². The number of ether oxygens (including phenoxy) is 2. The van der Waals surface area contributed by atoms with Crippen LogP contribution in [0, 0.1) is 0 Å². The highest BCUT2D eigenvalue weighted by Gasteiger charge is 2.02. The summed E-state index contributed by atoms with van der Waals surface area (Å²) in [5, 5.41) is 9.51. The van der Waals surface area contributed by atoms with Crippen molar-refractivity contribution in [3.8, 4) is 11.5 Å². The molecule has 0 radical (unpaired) electrons. The number of aliphatic hydroxyl groups is 1. The summed E-state index contributed by atoms with van der Waals surface area (Å²) in [5.41, 5.74) is 0.843. The molecule has 0 heterocycles. The maximum Gasteiger partial charge on any atom is 0.122 e. The van der Waals surface area contributed by atoms with Gasteiger partial charge in [0, 0.05) is 4.47 Å². The van der Waals surface area contributed by atoms with E-state index in [2.05, 4.69) is 15.9 Å². The molecule has 0 aromatic heterocycles. The van der Waals surface area contributed by atoms with Gasteiger partial charge in [0.25, 0.3) is 0 Å². The molecule has 0 spiro atoms. The largest absolute Gasteiger partial charge is 0.490 e. The lowest BCUT2D eigenvalue weighted by Gasteiger charge is -2.10. The minimum Gasteiger partial charge on any atom is -0.490 e. The molecule has 0 fully saturated rings. The van der Waals surface area contributed by atoms with Crippen LogP contribution in [0.2, 0.25) is 0 Å². The minimum absolute atomic E-state index is 0.454. The highest BCUT2D eigenvalue weighted by atomic mass is 79.9. The first-order valence-corrected chi connectivity index (χ1v) is 7.23. The fourth-order valence-corrected chi connectivity index (χ4v) is 2.12. The van der Waals surface area contributed by atoms with Crippen molar-refractivity contribution in [2.24, 2.45) is 0 Å². The molecular formula is C16H17BrO3. The van der Waals surface area contributed by atoms with E-state index < -0.39 is 6.10 Å². The molecule has 0 amide bonds. The molecule has 2 aromatic carbocycles. The average molecular weight is 337 g/mol. The van der Waals surface area contributed by atoms with Crippen molar-refractivity contribution in [1.82, 2.24) is 0 Å². The van der Waals surface area contributed by atoms with E-state index in [0.29, 0.717) is 13.2 Å². The van der Waals surface area contributed by atoms with Gasteiger partial charge in [-0.1, -0.05) is 34.1 Å². The van der Waals surface area contributed by atoms with E-state index in [1.54, 1.807) is 6.92 Å². The molecule has 2 aromatic rings. The third kappa shape index (κ3) is 4.54. The second kappa shape index (κ2) is 7.31. The lowest BCUT2D eigenvalue weighted by molar-refractivity contribution is 0.196. The maximum atomic E-state index is 9.51. The molecule has 1 atom stereocenters. The number of hydrogen-bond acceptors (Lipinski definition) is 3. The second-order valence-electron chi connectivity index (χ2n) is 4.40. The second-order valence-corrected chi connectivity index (χ2v) is 5.32. The molecule has 106 valence electrons. The summed E-state index contributed by atoms with van der Waals surface area (Å²) in [7, 11) is 0. The van der Waals surface area contributed by atoms with Crippen LogP contribution in [-0.2, 0) is 0 Å². The average Bonchev–Trinajstić information content (AvgIpc) is 2.44. The first-order valence-electron chi connectivity index (χ1n) is 6.44.